The molecule has 0 spiro atoms. The van der Waals surface area contributed by atoms with E-state index in [-0.39, 0.29) is 0 Å². The molecule has 1 rings (SSSR count). The predicted molar refractivity (Wildman–Crippen MR) is 58.2 cm³/mol. The quantitative estimate of drug-likeness (QED) is 0.576. The average Bonchev–Trinajstić information content (AvgIpc) is 2.17. The SMILES string of the molecule is CO[PH2](Nc1ccc(N)cc1)OC. The number of nitrogen functional groups attached to an aromatic ring is 1. The molecule has 0 fully saturated rings. The van der Waals surface area contributed by atoms with Crippen LogP contribution in [0.5, 0.6) is 0 Å². The second-order valence-electron chi connectivity index (χ2n) is 2.57. The van der Waals surface area contributed by atoms with E-state index in [1.807, 2.05) is 24.3 Å². The molecule has 0 unspecified atom stereocenters. The summed E-state index contributed by atoms with van der Waals surface area (Å²) in [4.78, 5) is 0. The maximum absolute atomic E-state index is 5.54. The van der Waals surface area contributed by atoms with Gasteiger partial charge < -0.3 is 0 Å². The number of nitrogens with one attached hydrogen (secondary N) is 1. The monoisotopic (exact) mass is 202 g/mol. The third-order valence-electron chi connectivity index (χ3n) is 1.62. The van der Waals surface area contributed by atoms with Crippen molar-refractivity contribution in [2.45, 2.75) is 0 Å². The van der Waals surface area contributed by atoms with E-state index >= 15 is 0 Å². The summed E-state index contributed by atoms with van der Waals surface area (Å²) in [5.74, 6) is 0. The molecule has 0 saturated heterocycles. The number of hydrogen-bond donors (Lipinski definition) is 2. The second kappa shape index (κ2) is 5.02. The first-order chi connectivity index (χ1) is 6.26. The molecule has 0 amide bonds. The molecule has 0 aliphatic carbocycles. The summed E-state index contributed by atoms with van der Waals surface area (Å²) >= 11 is 0. The molecule has 13 heavy (non-hydrogen) atoms. The molecule has 0 atom stereocenters. The molecule has 0 aliphatic rings. The normalized spacial score (nSPS) is 11.1. The molecular formula is C8H15N2O2P. The average molecular weight is 202 g/mol. The first-order valence-electron chi connectivity index (χ1n) is 3.94. The minimum absolute atomic E-state index is 0.749. The summed E-state index contributed by atoms with van der Waals surface area (Å²) in [5.41, 5.74) is 7.26. The van der Waals surface area contributed by atoms with Crippen LogP contribution in [0, 0.1) is 0 Å². The Morgan fingerprint density at radius 1 is 1.15 bits per heavy atom. The molecule has 1 aromatic rings. The molecular weight excluding hydrogens is 187 g/mol. The van der Waals surface area contributed by atoms with Crippen LogP contribution in [0.3, 0.4) is 0 Å². The number of anilines is 2. The zero-order chi connectivity index (χ0) is 9.68. The van der Waals surface area contributed by atoms with E-state index in [2.05, 4.69) is 5.09 Å². The van der Waals surface area contributed by atoms with Crippen molar-refractivity contribution in [2.24, 2.45) is 0 Å². The standard InChI is InChI=1S/C8H15N2O2P/c1-11-13(12-2)10-8-5-3-7(9)4-6-8/h3-6,10H,9,13H2,1-2H3. The van der Waals surface area contributed by atoms with Crippen LogP contribution in [0.2, 0.25) is 0 Å². The fraction of sp³-hybridized carbons (Fsp3) is 0.250. The van der Waals surface area contributed by atoms with E-state index in [0.29, 0.717) is 0 Å². The van der Waals surface area contributed by atoms with E-state index in [0.717, 1.165) is 11.4 Å². The Morgan fingerprint density at radius 2 is 1.69 bits per heavy atom. The summed E-state index contributed by atoms with van der Waals surface area (Å²) in [6.45, 7) is 0. The summed E-state index contributed by atoms with van der Waals surface area (Å²) in [6.07, 6.45) is 0. The topological polar surface area (TPSA) is 56.5 Å². The van der Waals surface area contributed by atoms with Gasteiger partial charge in [0, 0.05) is 0 Å². The minimum atomic E-state index is -1.73. The Morgan fingerprint density at radius 3 is 2.15 bits per heavy atom. The van der Waals surface area contributed by atoms with Crippen molar-refractivity contribution in [2.75, 3.05) is 25.0 Å². The molecule has 0 aliphatic heterocycles. The fourth-order valence-corrected chi connectivity index (χ4v) is 1.82. The second-order valence-corrected chi connectivity index (χ2v) is 4.47. The van der Waals surface area contributed by atoms with Gasteiger partial charge in [-0.05, 0) is 0 Å². The van der Waals surface area contributed by atoms with Gasteiger partial charge in [0.1, 0.15) is 0 Å². The molecule has 0 bridgehead atoms. The third kappa shape index (κ3) is 3.19. The zero-order valence-corrected chi connectivity index (χ0v) is 8.94. The molecule has 0 heterocycles. The van der Waals surface area contributed by atoms with Gasteiger partial charge in [0.25, 0.3) is 0 Å². The van der Waals surface area contributed by atoms with Crippen molar-refractivity contribution in [3.63, 3.8) is 0 Å². The first kappa shape index (κ1) is 10.3. The first-order valence-corrected chi connectivity index (χ1v) is 5.46. The maximum atomic E-state index is 5.54. The number of nitrogens with two attached hydrogens (primary N) is 1. The molecule has 5 heteroatoms. The van der Waals surface area contributed by atoms with Gasteiger partial charge in [-0.2, -0.15) is 0 Å². The molecule has 4 nitrogen and oxygen atoms in total. The molecule has 0 aromatic heterocycles. The summed E-state index contributed by atoms with van der Waals surface area (Å²) in [5, 5.41) is 3.14. The van der Waals surface area contributed by atoms with Gasteiger partial charge in [0.2, 0.25) is 0 Å². The molecule has 1 aromatic carbocycles. The Balaban J connectivity index is 2.58. The van der Waals surface area contributed by atoms with Crippen LogP contribution in [0.25, 0.3) is 0 Å². The Labute approximate surface area is 79.0 Å². The van der Waals surface area contributed by atoms with Gasteiger partial charge in [-0.25, -0.2) is 0 Å². The van der Waals surface area contributed by atoms with Crippen molar-refractivity contribution in [1.82, 2.24) is 0 Å². The van der Waals surface area contributed by atoms with E-state index in [4.69, 9.17) is 14.8 Å². The fourth-order valence-electron chi connectivity index (χ4n) is 0.930. The van der Waals surface area contributed by atoms with Crippen LogP contribution < -0.4 is 10.8 Å². The molecule has 74 valence electrons. The predicted octanol–water partition coefficient (Wildman–Crippen LogP) is 1.66. The van der Waals surface area contributed by atoms with Gasteiger partial charge in [0.05, 0.1) is 0 Å². The number of benzene rings is 1. The van der Waals surface area contributed by atoms with Crippen molar-refractivity contribution < 1.29 is 9.05 Å². The van der Waals surface area contributed by atoms with Crippen LogP contribution in [-0.2, 0) is 9.05 Å². The summed E-state index contributed by atoms with van der Waals surface area (Å²) < 4.78 is 10.2. The van der Waals surface area contributed by atoms with Gasteiger partial charge in [-0.3, -0.25) is 0 Å². The molecule has 0 radical (unpaired) electrons. The van der Waals surface area contributed by atoms with Crippen LogP contribution in [0.4, 0.5) is 11.4 Å². The summed E-state index contributed by atoms with van der Waals surface area (Å²) in [7, 11) is 1.53. The number of hydrogen-bond acceptors (Lipinski definition) is 4. The third-order valence-corrected chi connectivity index (χ3v) is 3.05. The van der Waals surface area contributed by atoms with Gasteiger partial charge in [-0.15, -0.1) is 0 Å². The molecule has 3 N–H and O–H groups in total. The van der Waals surface area contributed by atoms with Crippen molar-refractivity contribution >= 4 is 19.9 Å². The van der Waals surface area contributed by atoms with Crippen LogP contribution in [0.15, 0.2) is 24.3 Å². The molecule has 0 saturated carbocycles. The van der Waals surface area contributed by atoms with E-state index in [1.54, 1.807) is 14.2 Å². The van der Waals surface area contributed by atoms with Crippen molar-refractivity contribution in [3.05, 3.63) is 24.3 Å². The Hall–Kier alpha value is -0.830. The van der Waals surface area contributed by atoms with E-state index in [9.17, 15) is 0 Å². The van der Waals surface area contributed by atoms with Crippen LogP contribution >= 0.6 is 8.53 Å². The van der Waals surface area contributed by atoms with Gasteiger partial charge in [-0.1, -0.05) is 0 Å². The van der Waals surface area contributed by atoms with Gasteiger partial charge >= 0.3 is 78.3 Å². The van der Waals surface area contributed by atoms with Crippen molar-refractivity contribution in [1.29, 1.82) is 0 Å². The summed E-state index contributed by atoms with van der Waals surface area (Å²) in [6, 6.07) is 7.46. The van der Waals surface area contributed by atoms with E-state index < -0.39 is 8.53 Å². The Kier molecular flexibility index (Phi) is 3.96. The van der Waals surface area contributed by atoms with Crippen LogP contribution in [0.1, 0.15) is 0 Å². The number of rotatable bonds is 4. The zero-order valence-electron chi connectivity index (χ0n) is 7.78. The van der Waals surface area contributed by atoms with Crippen molar-refractivity contribution in [3.8, 4) is 0 Å². The Bertz CT molecular complexity index is 249. The van der Waals surface area contributed by atoms with Crippen LogP contribution in [-0.4, -0.2) is 14.2 Å². The van der Waals surface area contributed by atoms with Gasteiger partial charge in [0.15, 0.2) is 0 Å². The van der Waals surface area contributed by atoms with E-state index in [1.165, 1.54) is 0 Å².